The molecule has 0 bridgehead atoms. The maximum absolute atomic E-state index is 11.5. The van der Waals surface area contributed by atoms with Crippen molar-refractivity contribution < 1.29 is 9.53 Å². The number of anilines is 1. The molecule has 1 rings (SSSR count). The van der Waals surface area contributed by atoms with Gasteiger partial charge in [0.05, 0.1) is 0 Å². The van der Waals surface area contributed by atoms with Crippen molar-refractivity contribution in [1.29, 1.82) is 0 Å². The Hall–Kier alpha value is -1.37. The fourth-order valence-corrected chi connectivity index (χ4v) is 1.99. The second-order valence-corrected chi connectivity index (χ2v) is 7.11. The van der Waals surface area contributed by atoms with Crippen LogP contribution in [0.3, 0.4) is 0 Å². The molecule has 0 aromatic carbocycles. The number of amides is 1. The van der Waals surface area contributed by atoms with Crippen LogP contribution in [0.2, 0.25) is 0 Å². The van der Waals surface area contributed by atoms with Crippen LogP contribution in [0, 0.1) is 0 Å². The van der Waals surface area contributed by atoms with Crippen molar-refractivity contribution in [3.05, 3.63) is 16.5 Å². The van der Waals surface area contributed by atoms with E-state index in [1.165, 1.54) is 0 Å². The molecule has 2 N–H and O–H groups in total. The summed E-state index contributed by atoms with van der Waals surface area (Å²) in [6.45, 7) is 10.9. The summed E-state index contributed by atoms with van der Waals surface area (Å²) in [7, 11) is 0. The van der Waals surface area contributed by atoms with Crippen LogP contribution >= 0.6 is 15.9 Å². The monoisotopic (exact) mass is 372 g/mol. The second-order valence-electron chi connectivity index (χ2n) is 6.30. The highest BCUT2D eigenvalue weighted by atomic mass is 79.9. The normalized spacial score (nSPS) is 11.4. The lowest BCUT2D eigenvalue weighted by atomic mass is 10.2. The number of nitrogens with zero attached hydrogens (tertiary/aromatic N) is 2. The Morgan fingerprint density at radius 3 is 2.59 bits per heavy atom. The maximum Gasteiger partial charge on any atom is 0.407 e. The lowest BCUT2D eigenvalue weighted by molar-refractivity contribution is 0.0528. The molecule has 6 nitrogen and oxygen atoms in total. The molecule has 0 saturated heterocycles. The first-order chi connectivity index (χ1) is 10.2. The van der Waals surface area contributed by atoms with Crippen molar-refractivity contribution in [3.8, 4) is 0 Å². The smallest absolute Gasteiger partial charge is 0.407 e. The molecule has 0 fully saturated rings. The molecule has 0 aliphatic rings. The van der Waals surface area contributed by atoms with E-state index in [-0.39, 0.29) is 12.0 Å². The Balaban J connectivity index is 2.32. The summed E-state index contributed by atoms with van der Waals surface area (Å²) in [4.78, 5) is 20.3. The van der Waals surface area contributed by atoms with Crippen LogP contribution in [0.4, 0.5) is 10.6 Å². The Morgan fingerprint density at radius 1 is 1.32 bits per heavy atom. The summed E-state index contributed by atoms with van der Waals surface area (Å²) in [5.74, 6) is 1.85. The van der Waals surface area contributed by atoms with E-state index in [1.807, 2.05) is 26.8 Å². The standard InChI is InChI=1S/C15H25BrN4O2/c1-10(2)13-19-11(16)9-12(20-13)17-7-6-8-18-14(21)22-15(3,4)5/h9-10H,6-8H2,1-5H3,(H,18,21)(H,17,19,20). The molecule has 124 valence electrons. The molecule has 1 aromatic rings. The van der Waals surface area contributed by atoms with Crippen LogP contribution in [0.5, 0.6) is 0 Å². The van der Waals surface area contributed by atoms with E-state index >= 15 is 0 Å². The average molecular weight is 373 g/mol. The number of hydrogen-bond donors (Lipinski definition) is 2. The van der Waals surface area contributed by atoms with E-state index in [0.29, 0.717) is 13.1 Å². The predicted molar refractivity (Wildman–Crippen MR) is 91.2 cm³/mol. The Bertz CT molecular complexity index is 501. The summed E-state index contributed by atoms with van der Waals surface area (Å²) in [5.41, 5.74) is -0.469. The number of rotatable bonds is 6. The van der Waals surface area contributed by atoms with Gasteiger partial charge in [-0.05, 0) is 43.1 Å². The zero-order valence-corrected chi connectivity index (χ0v) is 15.5. The third-order valence-electron chi connectivity index (χ3n) is 2.56. The molecular weight excluding hydrogens is 348 g/mol. The number of aromatic nitrogens is 2. The van der Waals surface area contributed by atoms with Gasteiger partial charge in [-0.3, -0.25) is 0 Å². The lowest BCUT2D eigenvalue weighted by Gasteiger charge is -2.19. The highest BCUT2D eigenvalue weighted by Crippen LogP contribution is 2.17. The number of alkyl carbamates (subject to hydrolysis) is 1. The third kappa shape index (κ3) is 7.59. The van der Waals surface area contributed by atoms with Gasteiger partial charge < -0.3 is 15.4 Å². The zero-order chi connectivity index (χ0) is 16.8. The lowest BCUT2D eigenvalue weighted by Crippen LogP contribution is -2.33. The van der Waals surface area contributed by atoms with Gasteiger partial charge >= 0.3 is 6.09 Å². The van der Waals surface area contributed by atoms with Crippen LogP contribution in [0.1, 0.15) is 52.8 Å². The van der Waals surface area contributed by atoms with Crippen molar-refractivity contribution in [2.24, 2.45) is 0 Å². The molecule has 1 aromatic heterocycles. The minimum Gasteiger partial charge on any atom is -0.444 e. The first-order valence-electron chi connectivity index (χ1n) is 7.42. The van der Waals surface area contributed by atoms with Crippen molar-refractivity contribution in [3.63, 3.8) is 0 Å². The van der Waals surface area contributed by atoms with Gasteiger partial charge in [0, 0.05) is 25.1 Å². The topological polar surface area (TPSA) is 76.1 Å². The number of halogens is 1. The van der Waals surface area contributed by atoms with Crippen molar-refractivity contribution in [2.45, 2.75) is 52.6 Å². The zero-order valence-electron chi connectivity index (χ0n) is 13.9. The van der Waals surface area contributed by atoms with Gasteiger partial charge in [-0.25, -0.2) is 14.8 Å². The minimum absolute atomic E-state index is 0.270. The largest absolute Gasteiger partial charge is 0.444 e. The van der Waals surface area contributed by atoms with Crippen LogP contribution in [-0.2, 0) is 4.74 Å². The molecule has 1 amide bonds. The van der Waals surface area contributed by atoms with E-state index in [2.05, 4.69) is 50.4 Å². The van der Waals surface area contributed by atoms with Crippen molar-refractivity contribution in [2.75, 3.05) is 18.4 Å². The summed E-state index contributed by atoms with van der Waals surface area (Å²) in [5, 5.41) is 5.95. The SMILES string of the molecule is CC(C)c1nc(Br)cc(NCCCNC(=O)OC(C)(C)C)n1. The fraction of sp³-hybridized carbons (Fsp3) is 0.667. The number of hydrogen-bond acceptors (Lipinski definition) is 5. The van der Waals surface area contributed by atoms with Gasteiger partial charge in [-0.2, -0.15) is 0 Å². The Morgan fingerprint density at radius 2 is 2.00 bits per heavy atom. The van der Waals surface area contributed by atoms with Gasteiger partial charge in [0.1, 0.15) is 21.8 Å². The van der Waals surface area contributed by atoms with Gasteiger partial charge in [0.25, 0.3) is 0 Å². The van der Waals surface area contributed by atoms with Crippen LogP contribution in [-0.4, -0.2) is 34.8 Å². The summed E-state index contributed by atoms with van der Waals surface area (Å²) < 4.78 is 5.93. The molecular formula is C15H25BrN4O2. The Kier molecular flexibility index (Phi) is 7.06. The molecule has 7 heteroatoms. The molecule has 0 atom stereocenters. The molecule has 0 aliphatic heterocycles. The molecule has 0 unspecified atom stereocenters. The molecule has 0 saturated carbocycles. The number of ether oxygens (including phenoxy) is 1. The summed E-state index contributed by atoms with van der Waals surface area (Å²) in [6.07, 6.45) is 0.386. The second kappa shape index (κ2) is 8.31. The van der Waals surface area contributed by atoms with E-state index in [1.54, 1.807) is 0 Å². The van der Waals surface area contributed by atoms with Crippen molar-refractivity contribution >= 4 is 27.8 Å². The van der Waals surface area contributed by atoms with Crippen LogP contribution in [0.15, 0.2) is 10.7 Å². The molecule has 0 aliphatic carbocycles. The van der Waals surface area contributed by atoms with Gasteiger partial charge in [0.15, 0.2) is 0 Å². The van der Waals surface area contributed by atoms with E-state index in [4.69, 9.17) is 4.74 Å². The van der Waals surface area contributed by atoms with Crippen molar-refractivity contribution in [1.82, 2.24) is 15.3 Å². The molecule has 0 radical (unpaired) electrons. The van der Waals surface area contributed by atoms with E-state index in [9.17, 15) is 4.79 Å². The number of nitrogens with one attached hydrogen (secondary N) is 2. The molecule has 1 heterocycles. The quantitative estimate of drug-likeness (QED) is 0.588. The average Bonchev–Trinajstić information content (AvgIpc) is 2.35. The van der Waals surface area contributed by atoms with E-state index in [0.717, 1.165) is 22.7 Å². The minimum atomic E-state index is -0.469. The highest BCUT2D eigenvalue weighted by Gasteiger charge is 2.15. The van der Waals surface area contributed by atoms with Gasteiger partial charge in [-0.1, -0.05) is 13.8 Å². The molecule has 22 heavy (non-hydrogen) atoms. The number of carbonyl (C=O) groups excluding carboxylic acids is 1. The van der Waals surface area contributed by atoms with Crippen LogP contribution in [0.25, 0.3) is 0 Å². The Labute approximate surface area is 140 Å². The number of carbonyl (C=O) groups is 1. The maximum atomic E-state index is 11.5. The first-order valence-corrected chi connectivity index (χ1v) is 8.22. The first kappa shape index (κ1) is 18.7. The third-order valence-corrected chi connectivity index (χ3v) is 2.96. The highest BCUT2D eigenvalue weighted by molar-refractivity contribution is 9.10. The fourth-order valence-electron chi connectivity index (χ4n) is 1.59. The predicted octanol–water partition coefficient (Wildman–Crippen LogP) is 3.69. The van der Waals surface area contributed by atoms with Crippen LogP contribution < -0.4 is 10.6 Å². The van der Waals surface area contributed by atoms with E-state index < -0.39 is 5.60 Å². The summed E-state index contributed by atoms with van der Waals surface area (Å²) >= 11 is 3.39. The molecule has 0 spiro atoms. The van der Waals surface area contributed by atoms with Gasteiger partial charge in [0.2, 0.25) is 0 Å². The van der Waals surface area contributed by atoms with Gasteiger partial charge in [-0.15, -0.1) is 0 Å². The summed E-state index contributed by atoms with van der Waals surface area (Å²) in [6, 6.07) is 1.84.